The molecule has 0 N–H and O–H groups in total. The Morgan fingerprint density at radius 2 is 0.812 bits per heavy atom. The third-order valence-electron chi connectivity index (χ3n) is 1.49. The third kappa shape index (κ3) is 9.74. The number of hydrogen-bond acceptors (Lipinski definition) is 2. The predicted octanol–water partition coefficient (Wildman–Crippen LogP) is 0.602. The molecular weight excluding hydrogens is 426 g/mol. The molecule has 0 radical (unpaired) electrons. The van der Waals surface area contributed by atoms with Gasteiger partial charge in [0.25, 0.3) is 0 Å². The molecule has 0 spiro atoms. The molecule has 2 rings (SSSR count). The van der Waals surface area contributed by atoms with Gasteiger partial charge >= 0.3 is 76.2 Å². The fourth-order valence-electron chi connectivity index (χ4n) is 0.841. The van der Waals surface area contributed by atoms with Crippen molar-refractivity contribution in [1.29, 1.82) is 0 Å². The molecule has 0 aromatic heterocycles. The van der Waals surface area contributed by atoms with Gasteiger partial charge in [-0.1, -0.05) is 60.7 Å². The summed E-state index contributed by atoms with van der Waals surface area (Å²) in [6.07, 6.45) is 0. The molecular formula is C12H12BaCdO2. The van der Waals surface area contributed by atoms with Crippen LogP contribution in [0.3, 0.4) is 0 Å². The number of rotatable bonds is 0. The predicted molar refractivity (Wildman–Crippen MR) is 60.3 cm³/mol. The maximum atomic E-state index is 10.3. The number of para-hydroxylation sites is 2. The van der Waals surface area contributed by atoms with Crippen molar-refractivity contribution >= 4 is 48.9 Å². The summed E-state index contributed by atoms with van der Waals surface area (Å²) >= 11 is 0. The van der Waals surface area contributed by atoms with Crippen molar-refractivity contribution in [3.63, 3.8) is 0 Å². The summed E-state index contributed by atoms with van der Waals surface area (Å²) in [5.41, 5.74) is 0. The van der Waals surface area contributed by atoms with Gasteiger partial charge in [0.2, 0.25) is 0 Å². The van der Waals surface area contributed by atoms with Crippen molar-refractivity contribution < 1.29 is 37.5 Å². The van der Waals surface area contributed by atoms with Crippen LogP contribution < -0.4 is 10.2 Å². The van der Waals surface area contributed by atoms with Gasteiger partial charge in [-0.2, -0.15) is 0 Å². The smallest absolute Gasteiger partial charge is 0.872 e. The molecule has 0 aliphatic carbocycles. The molecule has 4 heteroatoms. The molecule has 0 aliphatic rings. The van der Waals surface area contributed by atoms with Crippen molar-refractivity contribution in [3.8, 4) is 11.5 Å². The van der Waals surface area contributed by atoms with Crippen molar-refractivity contribution in [2.24, 2.45) is 0 Å². The minimum atomic E-state index is 0. The fraction of sp³-hybridized carbons (Fsp3) is 0. The molecule has 0 bridgehead atoms. The van der Waals surface area contributed by atoms with Crippen LogP contribution in [0.15, 0.2) is 60.7 Å². The Kier molecular flexibility index (Phi) is 14.2. The van der Waals surface area contributed by atoms with E-state index in [0.717, 1.165) is 0 Å². The number of benzene rings is 2. The van der Waals surface area contributed by atoms with Gasteiger partial charge in [-0.3, -0.25) is 0 Å². The van der Waals surface area contributed by atoms with Gasteiger partial charge < -0.3 is 10.2 Å². The van der Waals surface area contributed by atoms with Gasteiger partial charge in [0, 0.05) is 0 Å². The first-order valence-corrected chi connectivity index (χ1v) is 4.23. The Morgan fingerprint density at radius 3 is 0.938 bits per heavy atom. The number of hydrogen-bond donors (Lipinski definition) is 0. The van der Waals surface area contributed by atoms with Crippen LogP contribution in [0.25, 0.3) is 0 Å². The molecule has 0 saturated heterocycles. The van der Waals surface area contributed by atoms with Gasteiger partial charge in [0.1, 0.15) is 0 Å². The SMILES string of the molecule is [BaH2].[Cd+2].[O-]c1ccccc1.[O-]c1ccccc1. The van der Waals surface area contributed by atoms with E-state index < -0.39 is 0 Å². The topological polar surface area (TPSA) is 46.1 Å². The second-order valence-electron chi connectivity index (χ2n) is 2.63. The standard InChI is InChI=1S/2C6H6O.Ba.Cd.2H/c2*7-6-4-2-1-3-5-6;;;;/h2*1-5,7H;;;;/q;;;+2;;/p-2. The van der Waals surface area contributed by atoms with E-state index >= 15 is 0 Å². The monoisotopic (exact) mass is 440 g/mol. The van der Waals surface area contributed by atoms with Gasteiger partial charge in [-0.05, 0) is 0 Å². The van der Waals surface area contributed by atoms with E-state index in [-0.39, 0.29) is 87.7 Å². The first-order valence-electron chi connectivity index (χ1n) is 4.23. The van der Waals surface area contributed by atoms with Gasteiger partial charge in [0.15, 0.2) is 0 Å². The molecule has 0 aliphatic heterocycles. The van der Waals surface area contributed by atoms with Crippen LogP contribution in [0.2, 0.25) is 0 Å². The average Bonchev–Trinajstić information content (AvgIpc) is 2.21. The molecule has 2 nitrogen and oxygen atoms in total. The van der Waals surface area contributed by atoms with Crippen LogP contribution in [0.4, 0.5) is 0 Å². The molecule has 0 amide bonds. The molecule has 2 aromatic rings. The molecule has 0 atom stereocenters. The van der Waals surface area contributed by atoms with E-state index in [0.29, 0.717) is 0 Å². The normalized spacial score (nSPS) is 7.50. The Bertz CT molecular complexity index is 316. The van der Waals surface area contributed by atoms with Crippen LogP contribution in [0.5, 0.6) is 11.5 Å². The maximum Gasteiger partial charge on any atom is 2.00 e. The van der Waals surface area contributed by atoms with Crippen LogP contribution in [0, 0.1) is 0 Å². The van der Waals surface area contributed by atoms with Gasteiger partial charge in [-0.25, -0.2) is 0 Å². The summed E-state index contributed by atoms with van der Waals surface area (Å²) in [5.74, 6) is 0.144. The van der Waals surface area contributed by atoms with Crippen LogP contribution in [-0.2, 0) is 27.3 Å². The van der Waals surface area contributed by atoms with Crippen LogP contribution in [-0.4, -0.2) is 48.9 Å². The quantitative estimate of drug-likeness (QED) is 0.567. The zero-order chi connectivity index (χ0) is 10.2. The van der Waals surface area contributed by atoms with E-state index in [2.05, 4.69) is 0 Å². The van der Waals surface area contributed by atoms with Gasteiger partial charge in [-0.15, -0.1) is 11.5 Å². The molecule has 0 saturated carbocycles. The van der Waals surface area contributed by atoms with Crippen molar-refractivity contribution in [3.05, 3.63) is 60.7 Å². The van der Waals surface area contributed by atoms with E-state index in [9.17, 15) is 10.2 Å². The largest absolute Gasteiger partial charge is 2.00 e. The molecule has 16 heavy (non-hydrogen) atoms. The average molecular weight is 438 g/mol. The first kappa shape index (κ1) is 18.9. The Labute approximate surface area is 156 Å². The van der Waals surface area contributed by atoms with Crippen molar-refractivity contribution in [2.45, 2.75) is 0 Å². The molecule has 0 heterocycles. The summed E-state index contributed by atoms with van der Waals surface area (Å²) in [4.78, 5) is 0. The van der Waals surface area contributed by atoms with Crippen LogP contribution in [0.1, 0.15) is 0 Å². The minimum Gasteiger partial charge on any atom is -0.872 e. The Morgan fingerprint density at radius 1 is 0.562 bits per heavy atom. The van der Waals surface area contributed by atoms with Gasteiger partial charge in [0.05, 0.1) is 0 Å². The van der Waals surface area contributed by atoms with Crippen molar-refractivity contribution in [1.82, 2.24) is 0 Å². The molecule has 76 valence electrons. The fourth-order valence-corrected chi connectivity index (χ4v) is 0.841. The summed E-state index contributed by atoms with van der Waals surface area (Å²) in [6.45, 7) is 0. The second-order valence-corrected chi connectivity index (χ2v) is 2.63. The molecule has 0 unspecified atom stereocenters. The Hall–Kier alpha value is 0.534. The first-order chi connectivity index (χ1) is 6.79. The summed E-state index contributed by atoms with van der Waals surface area (Å²) in [5, 5.41) is 20.5. The van der Waals surface area contributed by atoms with E-state index in [1.807, 2.05) is 12.1 Å². The van der Waals surface area contributed by atoms with E-state index in [4.69, 9.17) is 0 Å². The molecule has 0 fully saturated rings. The Balaban J connectivity index is 0. The van der Waals surface area contributed by atoms with E-state index in [1.165, 1.54) is 24.3 Å². The zero-order valence-corrected chi connectivity index (χ0v) is 12.3. The second kappa shape index (κ2) is 12.0. The third-order valence-corrected chi connectivity index (χ3v) is 1.49. The summed E-state index contributed by atoms with van der Waals surface area (Å²) in [6, 6.07) is 16.7. The van der Waals surface area contributed by atoms with E-state index in [1.54, 1.807) is 24.3 Å². The zero-order valence-electron chi connectivity index (χ0n) is 8.30. The van der Waals surface area contributed by atoms with Crippen molar-refractivity contribution in [2.75, 3.05) is 0 Å². The summed E-state index contributed by atoms with van der Waals surface area (Å²) < 4.78 is 0. The molecule has 2 aromatic carbocycles. The maximum absolute atomic E-state index is 10.3. The summed E-state index contributed by atoms with van der Waals surface area (Å²) in [7, 11) is 0. The van der Waals surface area contributed by atoms with Crippen LogP contribution >= 0.6 is 0 Å². The minimum absolute atomic E-state index is 0.